The highest BCUT2D eigenvalue weighted by atomic mass is 16.5. The lowest BCUT2D eigenvalue weighted by molar-refractivity contribution is 0.227. The fourth-order valence-electron chi connectivity index (χ4n) is 2.59. The molecule has 0 aromatic heterocycles. The standard InChI is InChI=1S/C19H20O2/c1-4-20-18-10-9-16-11-14-7-5-6-8-15(14)12-17(16)19(18)21-13(2)3/h5-13H,4H2,1-3H3. The SMILES string of the molecule is CCOc1ccc2cc3ccccc3cc2c1OC(C)C. The van der Waals surface area contributed by atoms with Crippen molar-refractivity contribution in [3.8, 4) is 11.5 Å². The fraction of sp³-hybridized carbons (Fsp3) is 0.263. The highest BCUT2D eigenvalue weighted by Gasteiger charge is 2.12. The van der Waals surface area contributed by atoms with E-state index in [2.05, 4.69) is 42.5 Å². The third-order valence-corrected chi connectivity index (χ3v) is 3.45. The second kappa shape index (κ2) is 5.65. The lowest BCUT2D eigenvalue weighted by Crippen LogP contribution is -2.07. The molecule has 2 nitrogen and oxygen atoms in total. The Morgan fingerprint density at radius 3 is 2.29 bits per heavy atom. The highest BCUT2D eigenvalue weighted by molar-refractivity contribution is 6.01. The molecule has 0 saturated carbocycles. The molecule has 21 heavy (non-hydrogen) atoms. The van der Waals surface area contributed by atoms with Crippen molar-refractivity contribution in [3.63, 3.8) is 0 Å². The Bertz CT molecular complexity index is 775. The number of hydrogen-bond donors (Lipinski definition) is 0. The molecule has 0 amide bonds. The van der Waals surface area contributed by atoms with Crippen molar-refractivity contribution in [3.05, 3.63) is 48.5 Å². The van der Waals surface area contributed by atoms with E-state index in [4.69, 9.17) is 9.47 Å². The molecule has 0 aliphatic rings. The van der Waals surface area contributed by atoms with Crippen LogP contribution in [-0.2, 0) is 0 Å². The summed E-state index contributed by atoms with van der Waals surface area (Å²) in [4.78, 5) is 0. The molecule has 0 aliphatic heterocycles. The van der Waals surface area contributed by atoms with Gasteiger partial charge in [0.2, 0.25) is 0 Å². The predicted octanol–water partition coefficient (Wildman–Crippen LogP) is 5.18. The molecule has 0 fully saturated rings. The molecule has 0 heterocycles. The first-order valence-corrected chi connectivity index (χ1v) is 7.44. The molecule has 2 heteroatoms. The van der Waals surface area contributed by atoms with Crippen LogP contribution in [0.4, 0.5) is 0 Å². The maximum atomic E-state index is 6.04. The third kappa shape index (κ3) is 2.66. The molecule has 0 bridgehead atoms. The first kappa shape index (κ1) is 13.7. The van der Waals surface area contributed by atoms with E-state index >= 15 is 0 Å². The lowest BCUT2D eigenvalue weighted by atomic mass is 10.0. The van der Waals surface area contributed by atoms with Crippen molar-refractivity contribution in [2.75, 3.05) is 6.61 Å². The summed E-state index contributed by atoms with van der Waals surface area (Å²) in [6.07, 6.45) is 0.112. The average molecular weight is 280 g/mol. The van der Waals surface area contributed by atoms with Gasteiger partial charge >= 0.3 is 0 Å². The quantitative estimate of drug-likeness (QED) is 0.613. The van der Waals surface area contributed by atoms with Gasteiger partial charge in [-0.05, 0) is 55.1 Å². The molecule has 3 rings (SSSR count). The van der Waals surface area contributed by atoms with E-state index in [1.54, 1.807) is 0 Å². The number of rotatable bonds is 4. The molecular weight excluding hydrogens is 260 g/mol. The van der Waals surface area contributed by atoms with Gasteiger partial charge in [-0.15, -0.1) is 0 Å². The van der Waals surface area contributed by atoms with E-state index in [0.29, 0.717) is 6.61 Å². The monoisotopic (exact) mass is 280 g/mol. The Labute approximate surface area is 125 Å². The van der Waals surface area contributed by atoms with Gasteiger partial charge < -0.3 is 9.47 Å². The van der Waals surface area contributed by atoms with Gasteiger partial charge in [-0.2, -0.15) is 0 Å². The Morgan fingerprint density at radius 1 is 0.905 bits per heavy atom. The topological polar surface area (TPSA) is 18.5 Å². The first-order valence-electron chi connectivity index (χ1n) is 7.44. The molecular formula is C19H20O2. The Hall–Kier alpha value is -2.22. The van der Waals surface area contributed by atoms with Crippen molar-refractivity contribution in [1.82, 2.24) is 0 Å². The normalized spacial score (nSPS) is 11.2. The zero-order chi connectivity index (χ0) is 14.8. The van der Waals surface area contributed by atoms with Gasteiger partial charge in [-0.3, -0.25) is 0 Å². The van der Waals surface area contributed by atoms with Crippen molar-refractivity contribution < 1.29 is 9.47 Å². The summed E-state index contributed by atoms with van der Waals surface area (Å²) in [6, 6.07) is 16.9. The molecule has 0 atom stereocenters. The van der Waals surface area contributed by atoms with Crippen LogP contribution >= 0.6 is 0 Å². The minimum Gasteiger partial charge on any atom is -0.490 e. The number of fused-ring (bicyclic) bond motifs is 2. The summed E-state index contributed by atoms with van der Waals surface area (Å²) >= 11 is 0. The summed E-state index contributed by atoms with van der Waals surface area (Å²) < 4.78 is 11.8. The van der Waals surface area contributed by atoms with Crippen LogP contribution < -0.4 is 9.47 Å². The summed E-state index contributed by atoms with van der Waals surface area (Å²) in [5.74, 6) is 1.66. The van der Waals surface area contributed by atoms with Gasteiger partial charge in [0.05, 0.1) is 12.7 Å². The minimum atomic E-state index is 0.112. The summed E-state index contributed by atoms with van der Waals surface area (Å²) in [6.45, 7) is 6.70. The van der Waals surface area contributed by atoms with E-state index in [9.17, 15) is 0 Å². The molecule has 108 valence electrons. The molecule has 0 N–H and O–H groups in total. The van der Waals surface area contributed by atoms with Crippen LogP contribution in [0.3, 0.4) is 0 Å². The fourth-order valence-corrected chi connectivity index (χ4v) is 2.59. The lowest BCUT2D eigenvalue weighted by Gasteiger charge is -2.17. The number of benzene rings is 3. The Morgan fingerprint density at radius 2 is 1.62 bits per heavy atom. The second-order valence-corrected chi connectivity index (χ2v) is 5.41. The maximum Gasteiger partial charge on any atom is 0.169 e. The van der Waals surface area contributed by atoms with E-state index in [1.165, 1.54) is 16.2 Å². The van der Waals surface area contributed by atoms with Gasteiger partial charge in [-0.1, -0.05) is 30.3 Å². The van der Waals surface area contributed by atoms with Gasteiger partial charge in [-0.25, -0.2) is 0 Å². The number of hydrogen-bond acceptors (Lipinski definition) is 2. The average Bonchev–Trinajstić information content (AvgIpc) is 2.47. The molecule has 0 unspecified atom stereocenters. The second-order valence-electron chi connectivity index (χ2n) is 5.41. The Kier molecular flexibility index (Phi) is 3.70. The van der Waals surface area contributed by atoms with Gasteiger partial charge in [0, 0.05) is 5.39 Å². The zero-order valence-corrected chi connectivity index (χ0v) is 12.7. The molecule has 0 saturated heterocycles. The van der Waals surface area contributed by atoms with E-state index in [-0.39, 0.29) is 6.10 Å². The minimum absolute atomic E-state index is 0.112. The largest absolute Gasteiger partial charge is 0.490 e. The van der Waals surface area contributed by atoms with Crippen LogP contribution in [0.25, 0.3) is 21.5 Å². The van der Waals surface area contributed by atoms with Crippen molar-refractivity contribution >= 4 is 21.5 Å². The maximum absolute atomic E-state index is 6.04. The smallest absolute Gasteiger partial charge is 0.169 e. The van der Waals surface area contributed by atoms with Crippen molar-refractivity contribution in [2.24, 2.45) is 0 Å². The molecule has 3 aromatic rings. The van der Waals surface area contributed by atoms with E-state index in [0.717, 1.165) is 16.9 Å². The third-order valence-electron chi connectivity index (χ3n) is 3.45. The van der Waals surface area contributed by atoms with Crippen molar-refractivity contribution in [2.45, 2.75) is 26.9 Å². The zero-order valence-electron chi connectivity index (χ0n) is 12.7. The van der Waals surface area contributed by atoms with Gasteiger partial charge in [0.25, 0.3) is 0 Å². The summed E-state index contributed by atoms with van der Waals surface area (Å²) in [5.41, 5.74) is 0. The molecule has 0 spiro atoms. The van der Waals surface area contributed by atoms with Crippen LogP contribution in [0, 0.1) is 0 Å². The van der Waals surface area contributed by atoms with Gasteiger partial charge in [0.15, 0.2) is 11.5 Å². The van der Waals surface area contributed by atoms with Crippen LogP contribution in [0.15, 0.2) is 48.5 Å². The van der Waals surface area contributed by atoms with E-state index in [1.807, 2.05) is 26.8 Å². The predicted molar refractivity (Wildman–Crippen MR) is 88.4 cm³/mol. The van der Waals surface area contributed by atoms with Crippen molar-refractivity contribution in [1.29, 1.82) is 0 Å². The van der Waals surface area contributed by atoms with Crippen LogP contribution in [-0.4, -0.2) is 12.7 Å². The Balaban J connectivity index is 2.28. The summed E-state index contributed by atoms with van der Waals surface area (Å²) in [5, 5.41) is 4.73. The van der Waals surface area contributed by atoms with Crippen LogP contribution in [0.5, 0.6) is 11.5 Å². The van der Waals surface area contributed by atoms with Gasteiger partial charge in [0.1, 0.15) is 0 Å². The first-order chi connectivity index (χ1) is 10.2. The summed E-state index contributed by atoms with van der Waals surface area (Å²) in [7, 11) is 0. The highest BCUT2D eigenvalue weighted by Crippen LogP contribution is 2.38. The van der Waals surface area contributed by atoms with E-state index < -0.39 is 0 Å². The van der Waals surface area contributed by atoms with Crippen LogP contribution in [0.1, 0.15) is 20.8 Å². The molecule has 3 aromatic carbocycles. The van der Waals surface area contributed by atoms with Crippen LogP contribution in [0.2, 0.25) is 0 Å². The number of ether oxygens (including phenoxy) is 2. The molecule has 0 radical (unpaired) electrons. The molecule has 0 aliphatic carbocycles.